The van der Waals surface area contributed by atoms with E-state index in [1.807, 2.05) is 0 Å². The summed E-state index contributed by atoms with van der Waals surface area (Å²) in [4.78, 5) is 20.2. The minimum absolute atomic E-state index is 0.0184. The first-order valence-electron chi connectivity index (χ1n) is 6.25. The zero-order valence-corrected chi connectivity index (χ0v) is 11.3. The summed E-state index contributed by atoms with van der Waals surface area (Å²) in [6.45, 7) is -0.264. The monoisotopic (exact) mass is 304 g/mol. The third kappa shape index (κ3) is 3.55. The molecule has 2 aromatic rings. The van der Waals surface area contributed by atoms with Gasteiger partial charge in [-0.15, -0.1) is 0 Å². The summed E-state index contributed by atoms with van der Waals surface area (Å²) >= 11 is 0. The van der Waals surface area contributed by atoms with E-state index in [-0.39, 0.29) is 18.0 Å². The van der Waals surface area contributed by atoms with E-state index in [1.165, 1.54) is 30.3 Å². The van der Waals surface area contributed by atoms with Gasteiger partial charge in [0.05, 0.1) is 16.5 Å². The van der Waals surface area contributed by atoms with Crippen molar-refractivity contribution in [3.63, 3.8) is 0 Å². The van der Waals surface area contributed by atoms with Crippen molar-refractivity contribution >= 4 is 11.4 Å². The van der Waals surface area contributed by atoms with Gasteiger partial charge in [0, 0.05) is 29.8 Å². The van der Waals surface area contributed by atoms with Crippen LogP contribution in [0.5, 0.6) is 5.75 Å². The van der Waals surface area contributed by atoms with Crippen LogP contribution in [0.1, 0.15) is 11.1 Å². The van der Waals surface area contributed by atoms with Crippen LogP contribution in [0.25, 0.3) is 0 Å². The minimum atomic E-state index is -0.556. The highest BCUT2D eigenvalue weighted by atomic mass is 16.6. The Morgan fingerprint density at radius 1 is 0.955 bits per heavy atom. The van der Waals surface area contributed by atoms with Crippen LogP contribution in [0.4, 0.5) is 11.4 Å². The van der Waals surface area contributed by atoms with Crippen molar-refractivity contribution in [3.8, 4) is 5.75 Å². The second-order valence-electron chi connectivity index (χ2n) is 4.42. The van der Waals surface area contributed by atoms with Crippen LogP contribution in [-0.4, -0.2) is 15.0 Å². The molecule has 0 saturated heterocycles. The Bertz CT molecular complexity index is 699. The van der Waals surface area contributed by atoms with E-state index in [0.29, 0.717) is 16.9 Å². The number of hydrogen-bond acceptors (Lipinski definition) is 6. The van der Waals surface area contributed by atoms with Crippen molar-refractivity contribution < 1.29 is 19.7 Å². The molecule has 0 aromatic heterocycles. The Morgan fingerprint density at radius 2 is 1.55 bits per heavy atom. The van der Waals surface area contributed by atoms with Gasteiger partial charge in [0.2, 0.25) is 0 Å². The van der Waals surface area contributed by atoms with E-state index >= 15 is 0 Å². The Morgan fingerprint density at radius 3 is 2.09 bits per heavy atom. The zero-order valence-electron chi connectivity index (χ0n) is 11.3. The van der Waals surface area contributed by atoms with Gasteiger partial charge < -0.3 is 9.84 Å². The Labute approximate surface area is 124 Å². The van der Waals surface area contributed by atoms with E-state index in [0.717, 1.165) is 0 Å². The summed E-state index contributed by atoms with van der Waals surface area (Å²) < 4.78 is 5.50. The quantitative estimate of drug-likeness (QED) is 0.647. The number of nitro groups is 2. The largest absolute Gasteiger partial charge is 0.489 e. The highest BCUT2D eigenvalue weighted by molar-refractivity contribution is 5.43. The molecule has 2 rings (SSSR count). The molecule has 0 aliphatic carbocycles. The number of aliphatic hydroxyl groups excluding tert-OH is 1. The van der Waals surface area contributed by atoms with Crippen molar-refractivity contribution in [2.75, 3.05) is 0 Å². The Balaban J connectivity index is 2.10. The molecule has 0 aliphatic heterocycles. The molecule has 0 unspecified atom stereocenters. The molecule has 0 amide bonds. The zero-order chi connectivity index (χ0) is 16.1. The van der Waals surface area contributed by atoms with Gasteiger partial charge in [-0.05, 0) is 23.8 Å². The average molecular weight is 304 g/mol. The predicted molar refractivity (Wildman–Crippen MR) is 76.4 cm³/mol. The molecule has 0 radical (unpaired) electrons. The molecule has 2 aromatic carbocycles. The van der Waals surface area contributed by atoms with E-state index < -0.39 is 16.5 Å². The van der Waals surface area contributed by atoms with E-state index in [4.69, 9.17) is 4.74 Å². The summed E-state index contributed by atoms with van der Waals surface area (Å²) in [6.07, 6.45) is 0. The standard InChI is InChI=1S/C14H12N2O6/c17-8-11-7-13(16(20)21)5-6-14(11)22-9-10-1-3-12(4-2-10)15(18)19/h1-7,17H,8-9H2. The number of non-ortho nitro benzene ring substituents is 2. The molecule has 0 bridgehead atoms. The SMILES string of the molecule is O=[N+]([O-])c1ccc(COc2ccc([N+](=O)[O-])cc2CO)cc1. The van der Waals surface area contributed by atoms with Crippen LogP contribution in [-0.2, 0) is 13.2 Å². The second kappa shape index (κ2) is 6.64. The first-order chi connectivity index (χ1) is 10.5. The lowest BCUT2D eigenvalue weighted by Gasteiger charge is -2.10. The fraction of sp³-hybridized carbons (Fsp3) is 0.143. The van der Waals surface area contributed by atoms with Gasteiger partial charge in [-0.3, -0.25) is 20.2 Å². The Hall–Kier alpha value is -3.00. The number of nitrogens with zero attached hydrogens (tertiary/aromatic N) is 2. The summed E-state index contributed by atoms with van der Waals surface area (Å²) in [5, 5.41) is 30.5. The molecule has 0 heterocycles. The van der Waals surface area contributed by atoms with Crippen molar-refractivity contribution in [1.82, 2.24) is 0 Å². The molecule has 8 nitrogen and oxygen atoms in total. The number of benzene rings is 2. The van der Waals surface area contributed by atoms with Crippen molar-refractivity contribution in [2.45, 2.75) is 13.2 Å². The molecule has 0 aliphatic rings. The summed E-state index contributed by atoms with van der Waals surface area (Å²) in [7, 11) is 0. The van der Waals surface area contributed by atoms with Crippen LogP contribution in [0.15, 0.2) is 42.5 Å². The maximum absolute atomic E-state index is 10.7. The van der Waals surface area contributed by atoms with Crippen molar-refractivity contribution in [3.05, 3.63) is 73.8 Å². The van der Waals surface area contributed by atoms with Gasteiger partial charge in [-0.2, -0.15) is 0 Å². The normalized spacial score (nSPS) is 10.2. The van der Waals surface area contributed by atoms with Crippen LogP contribution >= 0.6 is 0 Å². The van der Waals surface area contributed by atoms with Crippen LogP contribution in [0.2, 0.25) is 0 Å². The third-order valence-corrected chi connectivity index (χ3v) is 2.97. The molecule has 114 valence electrons. The van der Waals surface area contributed by atoms with Crippen LogP contribution in [0, 0.1) is 20.2 Å². The second-order valence-corrected chi connectivity index (χ2v) is 4.42. The first-order valence-corrected chi connectivity index (χ1v) is 6.25. The lowest BCUT2D eigenvalue weighted by Crippen LogP contribution is -2.00. The average Bonchev–Trinajstić information content (AvgIpc) is 2.52. The fourth-order valence-electron chi connectivity index (χ4n) is 1.82. The lowest BCUT2D eigenvalue weighted by molar-refractivity contribution is -0.385. The highest BCUT2D eigenvalue weighted by Gasteiger charge is 2.11. The van der Waals surface area contributed by atoms with E-state index in [2.05, 4.69) is 0 Å². The third-order valence-electron chi connectivity index (χ3n) is 2.97. The maximum atomic E-state index is 10.7. The highest BCUT2D eigenvalue weighted by Crippen LogP contribution is 2.25. The number of nitro benzene ring substituents is 2. The molecule has 1 N–H and O–H groups in total. The fourth-order valence-corrected chi connectivity index (χ4v) is 1.82. The number of ether oxygens (including phenoxy) is 1. The summed E-state index contributed by atoms with van der Waals surface area (Å²) in [5.74, 6) is 0.325. The molecular formula is C14H12N2O6. The van der Waals surface area contributed by atoms with E-state index in [9.17, 15) is 25.3 Å². The van der Waals surface area contributed by atoms with Crippen molar-refractivity contribution in [1.29, 1.82) is 0 Å². The van der Waals surface area contributed by atoms with E-state index in [1.54, 1.807) is 12.1 Å². The number of rotatable bonds is 6. The number of hydrogen-bond donors (Lipinski definition) is 1. The number of aliphatic hydroxyl groups is 1. The molecule has 0 saturated carbocycles. The maximum Gasteiger partial charge on any atom is 0.270 e. The smallest absolute Gasteiger partial charge is 0.270 e. The topological polar surface area (TPSA) is 116 Å². The van der Waals surface area contributed by atoms with Gasteiger partial charge in [0.15, 0.2) is 0 Å². The molecule has 22 heavy (non-hydrogen) atoms. The molecule has 0 fully saturated rings. The van der Waals surface area contributed by atoms with Gasteiger partial charge in [-0.25, -0.2) is 0 Å². The van der Waals surface area contributed by atoms with Crippen LogP contribution in [0.3, 0.4) is 0 Å². The van der Waals surface area contributed by atoms with Gasteiger partial charge >= 0.3 is 0 Å². The minimum Gasteiger partial charge on any atom is -0.489 e. The summed E-state index contributed by atoms with van der Waals surface area (Å²) in [6, 6.07) is 9.78. The van der Waals surface area contributed by atoms with Gasteiger partial charge in [-0.1, -0.05) is 0 Å². The molecule has 0 spiro atoms. The predicted octanol–water partition coefficient (Wildman–Crippen LogP) is 2.57. The van der Waals surface area contributed by atoms with Crippen LogP contribution < -0.4 is 4.74 Å². The summed E-state index contributed by atoms with van der Waals surface area (Å²) in [5.41, 5.74) is 0.853. The molecule has 0 atom stereocenters. The molecule has 8 heteroatoms. The first kappa shape index (κ1) is 15.4. The van der Waals surface area contributed by atoms with Gasteiger partial charge in [0.1, 0.15) is 12.4 Å². The lowest BCUT2D eigenvalue weighted by atomic mass is 10.2. The molecular weight excluding hydrogens is 292 g/mol. The Kier molecular flexibility index (Phi) is 4.64. The van der Waals surface area contributed by atoms with Gasteiger partial charge in [0.25, 0.3) is 11.4 Å². The van der Waals surface area contributed by atoms with Crippen molar-refractivity contribution in [2.24, 2.45) is 0 Å².